The standard InChI is InChI=1S/C8H7Cl2I/c9-7-3-1-2-6(4-5-11)8(7)10/h1-3H,4-5H2. The summed E-state index contributed by atoms with van der Waals surface area (Å²) in [5.74, 6) is 0. The minimum Gasteiger partial charge on any atom is -0.0860 e. The highest BCUT2D eigenvalue weighted by atomic mass is 127. The Morgan fingerprint density at radius 1 is 1.27 bits per heavy atom. The molecule has 3 heteroatoms. The first-order chi connectivity index (χ1) is 5.25. The topological polar surface area (TPSA) is 0 Å². The van der Waals surface area contributed by atoms with Crippen molar-refractivity contribution in [2.24, 2.45) is 0 Å². The zero-order valence-electron chi connectivity index (χ0n) is 5.78. The lowest BCUT2D eigenvalue weighted by Crippen LogP contribution is -1.86. The van der Waals surface area contributed by atoms with Crippen molar-refractivity contribution in [1.29, 1.82) is 0 Å². The van der Waals surface area contributed by atoms with Crippen molar-refractivity contribution in [1.82, 2.24) is 0 Å². The number of aryl methyl sites for hydroxylation is 1. The fourth-order valence-electron chi connectivity index (χ4n) is 0.843. The third kappa shape index (κ3) is 2.49. The zero-order chi connectivity index (χ0) is 8.27. The zero-order valence-corrected chi connectivity index (χ0v) is 9.45. The molecule has 0 aromatic heterocycles. The second-order valence-electron chi connectivity index (χ2n) is 2.15. The molecule has 0 unspecified atom stereocenters. The van der Waals surface area contributed by atoms with Gasteiger partial charge >= 0.3 is 0 Å². The second-order valence-corrected chi connectivity index (χ2v) is 4.02. The van der Waals surface area contributed by atoms with E-state index in [0.29, 0.717) is 10.0 Å². The largest absolute Gasteiger partial charge is 0.0860 e. The fourth-order valence-corrected chi connectivity index (χ4v) is 1.84. The van der Waals surface area contributed by atoms with Gasteiger partial charge in [-0.2, -0.15) is 0 Å². The normalized spacial score (nSPS) is 10.1. The molecule has 60 valence electrons. The van der Waals surface area contributed by atoms with Crippen LogP contribution in [-0.2, 0) is 6.42 Å². The molecule has 0 N–H and O–H groups in total. The maximum absolute atomic E-state index is 5.94. The smallest absolute Gasteiger partial charge is 0.0624 e. The maximum atomic E-state index is 5.94. The molecule has 1 aromatic rings. The van der Waals surface area contributed by atoms with E-state index < -0.39 is 0 Å². The van der Waals surface area contributed by atoms with Crippen LogP contribution in [0.15, 0.2) is 18.2 Å². The molecule has 0 aliphatic heterocycles. The number of alkyl halides is 1. The Morgan fingerprint density at radius 2 is 2.00 bits per heavy atom. The van der Waals surface area contributed by atoms with Crippen molar-refractivity contribution < 1.29 is 0 Å². The van der Waals surface area contributed by atoms with Gasteiger partial charge in [-0.3, -0.25) is 0 Å². The average Bonchev–Trinajstić information content (AvgIpc) is 1.99. The molecule has 1 rings (SSSR count). The van der Waals surface area contributed by atoms with Crippen LogP contribution in [-0.4, -0.2) is 4.43 Å². The van der Waals surface area contributed by atoms with Crippen LogP contribution in [0.25, 0.3) is 0 Å². The lowest BCUT2D eigenvalue weighted by molar-refractivity contribution is 1.18. The van der Waals surface area contributed by atoms with E-state index in [4.69, 9.17) is 23.2 Å². The minimum absolute atomic E-state index is 0.647. The lowest BCUT2D eigenvalue weighted by atomic mass is 10.2. The van der Waals surface area contributed by atoms with E-state index >= 15 is 0 Å². The van der Waals surface area contributed by atoms with Crippen LogP contribution in [0.4, 0.5) is 0 Å². The summed E-state index contributed by atoms with van der Waals surface area (Å²) in [7, 11) is 0. The van der Waals surface area contributed by atoms with E-state index in [1.807, 2.05) is 12.1 Å². The summed E-state index contributed by atoms with van der Waals surface area (Å²) < 4.78 is 1.07. The predicted molar refractivity (Wildman–Crippen MR) is 59.1 cm³/mol. The van der Waals surface area contributed by atoms with Crippen LogP contribution < -0.4 is 0 Å². The molecule has 0 aliphatic rings. The number of hydrogen-bond donors (Lipinski definition) is 0. The van der Waals surface area contributed by atoms with Gasteiger partial charge in [0.2, 0.25) is 0 Å². The molecular formula is C8H7Cl2I. The Bertz CT molecular complexity index is 248. The number of rotatable bonds is 2. The molecule has 0 nitrogen and oxygen atoms in total. The number of benzene rings is 1. The summed E-state index contributed by atoms with van der Waals surface area (Å²) in [6, 6.07) is 5.74. The Kier molecular flexibility index (Phi) is 3.96. The van der Waals surface area contributed by atoms with Gasteiger partial charge in [0, 0.05) is 4.43 Å². The lowest BCUT2D eigenvalue weighted by Gasteiger charge is -2.01. The summed E-state index contributed by atoms with van der Waals surface area (Å²) in [5, 5.41) is 1.35. The third-order valence-electron chi connectivity index (χ3n) is 1.40. The van der Waals surface area contributed by atoms with Crippen molar-refractivity contribution >= 4 is 45.8 Å². The van der Waals surface area contributed by atoms with Gasteiger partial charge in [-0.1, -0.05) is 57.9 Å². The molecule has 0 saturated heterocycles. The van der Waals surface area contributed by atoms with Gasteiger partial charge in [0.1, 0.15) is 0 Å². The van der Waals surface area contributed by atoms with Crippen LogP contribution in [0.1, 0.15) is 5.56 Å². The molecule has 0 fully saturated rings. The van der Waals surface area contributed by atoms with Crippen LogP contribution in [0.2, 0.25) is 10.0 Å². The molecule has 0 aliphatic carbocycles. The van der Waals surface area contributed by atoms with E-state index in [1.54, 1.807) is 6.07 Å². The van der Waals surface area contributed by atoms with Gasteiger partial charge in [-0.05, 0) is 18.1 Å². The molecular weight excluding hydrogens is 294 g/mol. The van der Waals surface area contributed by atoms with Crippen molar-refractivity contribution in [2.75, 3.05) is 4.43 Å². The van der Waals surface area contributed by atoms with Gasteiger partial charge in [0.05, 0.1) is 10.0 Å². The minimum atomic E-state index is 0.647. The van der Waals surface area contributed by atoms with Crippen LogP contribution in [0, 0.1) is 0 Å². The van der Waals surface area contributed by atoms with E-state index in [-0.39, 0.29) is 0 Å². The number of halogens is 3. The fraction of sp³-hybridized carbons (Fsp3) is 0.250. The first-order valence-corrected chi connectivity index (χ1v) is 5.52. The quantitative estimate of drug-likeness (QED) is 0.573. The molecule has 11 heavy (non-hydrogen) atoms. The molecule has 0 atom stereocenters. The monoisotopic (exact) mass is 300 g/mol. The summed E-state index contributed by atoms with van der Waals surface area (Å²) in [4.78, 5) is 0. The summed E-state index contributed by atoms with van der Waals surface area (Å²) in [5.41, 5.74) is 1.13. The van der Waals surface area contributed by atoms with E-state index in [9.17, 15) is 0 Å². The molecule has 1 aromatic carbocycles. The molecule has 0 radical (unpaired) electrons. The van der Waals surface area contributed by atoms with E-state index in [0.717, 1.165) is 16.4 Å². The Hall–Kier alpha value is 0.530. The maximum Gasteiger partial charge on any atom is 0.0624 e. The van der Waals surface area contributed by atoms with E-state index in [2.05, 4.69) is 22.6 Å². The Balaban J connectivity index is 2.96. The summed E-state index contributed by atoms with van der Waals surface area (Å²) >= 11 is 14.1. The summed E-state index contributed by atoms with van der Waals surface area (Å²) in [6.07, 6.45) is 0.986. The van der Waals surface area contributed by atoms with Gasteiger partial charge in [0.15, 0.2) is 0 Å². The first-order valence-electron chi connectivity index (χ1n) is 3.24. The van der Waals surface area contributed by atoms with Crippen molar-refractivity contribution in [3.63, 3.8) is 0 Å². The third-order valence-corrected chi connectivity index (χ3v) is 2.79. The summed E-state index contributed by atoms with van der Waals surface area (Å²) in [6.45, 7) is 0. The van der Waals surface area contributed by atoms with Crippen LogP contribution >= 0.6 is 45.8 Å². The second kappa shape index (κ2) is 4.53. The van der Waals surface area contributed by atoms with Gasteiger partial charge in [-0.25, -0.2) is 0 Å². The highest BCUT2D eigenvalue weighted by Gasteiger charge is 2.01. The SMILES string of the molecule is Clc1cccc(CCI)c1Cl. The van der Waals surface area contributed by atoms with Gasteiger partial charge < -0.3 is 0 Å². The van der Waals surface area contributed by atoms with Gasteiger partial charge in [-0.15, -0.1) is 0 Å². The molecule has 0 saturated carbocycles. The average molecular weight is 301 g/mol. The van der Waals surface area contributed by atoms with Gasteiger partial charge in [0.25, 0.3) is 0 Å². The van der Waals surface area contributed by atoms with Crippen molar-refractivity contribution in [2.45, 2.75) is 6.42 Å². The van der Waals surface area contributed by atoms with Crippen molar-refractivity contribution in [3.8, 4) is 0 Å². The Morgan fingerprint density at radius 3 is 2.64 bits per heavy atom. The molecule has 0 amide bonds. The highest BCUT2D eigenvalue weighted by molar-refractivity contribution is 14.1. The highest BCUT2D eigenvalue weighted by Crippen LogP contribution is 2.25. The number of hydrogen-bond acceptors (Lipinski definition) is 0. The molecule has 0 spiro atoms. The molecule has 0 heterocycles. The molecule has 0 bridgehead atoms. The van der Waals surface area contributed by atoms with E-state index in [1.165, 1.54) is 0 Å². The van der Waals surface area contributed by atoms with Crippen LogP contribution in [0.3, 0.4) is 0 Å². The van der Waals surface area contributed by atoms with Crippen molar-refractivity contribution in [3.05, 3.63) is 33.8 Å². The Labute approximate surface area is 90.0 Å². The van der Waals surface area contributed by atoms with Crippen LogP contribution in [0.5, 0.6) is 0 Å². The first kappa shape index (κ1) is 9.62. The predicted octanol–water partition coefficient (Wildman–Crippen LogP) is 3.97.